The molecule has 0 radical (unpaired) electrons. The highest BCUT2D eigenvalue weighted by atomic mass is 15.2. The Bertz CT molecular complexity index is 195. The summed E-state index contributed by atoms with van der Waals surface area (Å²) in [6.45, 7) is 7.15. The zero-order chi connectivity index (χ0) is 11.4. The molecule has 2 atom stereocenters. The number of likely N-dealkylation sites (N-methyl/N-ethyl adjacent to an activating group) is 1. The molecule has 1 aliphatic carbocycles. The van der Waals surface area contributed by atoms with E-state index in [2.05, 4.69) is 29.5 Å². The van der Waals surface area contributed by atoms with E-state index in [9.17, 15) is 0 Å². The van der Waals surface area contributed by atoms with Crippen LogP contribution in [-0.2, 0) is 0 Å². The summed E-state index contributed by atoms with van der Waals surface area (Å²) in [5.74, 6) is 0.912. The Morgan fingerprint density at radius 2 is 1.81 bits per heavy atom. The minimum Gasteiger partial charge on any atom is -0.315 e. The maximum absolute atomic E-state index is 3.58. The molecule has 3 nitrogen and oxygen atoms in total. The molecule has 2 unspecified atom stereocenters. The van der Waals surface area contributed by atoms with Crippen LogP contribution in [0.5, 0.6) is 0 Å². The summed E-state index contributed by atoms with van der Waals surface area (Å²) in [7, 11) is 2.14. The second-order valence-corrected chi connectivity index (χ2v) is 5.39. The van der Waals surface area contributed by atoms with Crippen molar-refractivity contribution in [2.45, 2.75) is 44.7 Å². The first-order valence-corrected chi connectivity index (χ1v) is 6.95. The Kier molecular flexibility index (Phi) is 4.62. The summed E-state index contributed by atoms with van der Waals surface area (Å²) in [4.78, 5) is 2.65. The van der Waals surface area contributed by atoms with Gasteiger partial charge in [0.2, 0.25) is 0 Å². The second kappa shape index (κ2) is 5.99. The normalized spacial score (nSPS) is 28.1. The lowest BCUT2D eigenvalue weighted by molar-refractivity contribution is 0.129. The van der Waals surface area contributed by atoms with Gasteiger partial charge in [0, 0.05) is 38.3 Å². The number of rotatable bonds is 4. The van der Waals surface area contributed by atoms with Crippen molar-refractivity contribution in [2.24, 2.45) is 5.92 Å². The Balaban J connectivity index is 1.90. The maximum Gasteiger partial charge on any atom is 0.0245 e. The minimum absolute atomic E-state index is 0.690. The molecule has 0 aromatic heterocycles. The third kappa shape index (κ3) is 2.76. The fourth-order valence-electron chi connectivity index (χ4n) is 3.50. The highest BCUT2D eigenvalue weighted by Gasteiger charge is 2.31. The van der Waals surface area contributed by atoms with Gasteiger partial charge in [0.05, 0.1) is 0 Å². The van der Waals surface area contributed by atoms with Crippen LogP contribution in [0.15, 0.2) is 0 Å². The average molecular weight is 225 g/mol. The first kappa shape index (κ1) is 12.3. The molecule has 2 aliphatic rings. The highest BCUT2D eigenvalue weighted by Crippen LogP contribution is 2.30. The van der Waals surface area contributed by atoms with Crippen molar-refractivity contribution in [2.75, 3.05) is 33.2 Å². The number of hydrogen-bond donors (Lipinski definition) is 2. The molecule has 1 saturated heterocycles. The van der Waals surface area contributed by atoms with Crippen LogP contribution in [0, 0.1) is 5.92 Å². The zero-order valence-electron chi connectivity index (χ0n) is 10.8. The molecule has 2 fully saturated rings. The van der Waals surface area contributed by atoms with Gasteiger partial charge in [-0.3, -0.25) is 4.90 Å². The van der Waals surface area contributed by atoms with Crippen molar-refractivity contribution in [3.05, 3.63) is 0 Å². The van der Waals surface area contributed by atoms with Gasteiger partial charge in [-0.1, -0.05) is 12.8 Å². The Morgan fingerprint density at radius 3 is 2.38 bits per heavy atom. The molecule has 0 aromatic rings. The van der Waals surface area contributed by atoms with E-state index in [0.717, 1.165) is 19.0 Å². The van der Waals surface area contributed by atoms with Crippen LogP contribution in [0.1, 0.15) is 32.6 Å². The van der Waals surface area contributed by atoms with Gasteiger partial charge in [0.25, 0.3) is 0 Å². The number of hydrogen-bond acceptors (Lipinski definition) is 3. The maximum atomic E-state index is 3.58. The van der Waals surface area contributed by atoms with Gasteiger partial charge in [-0.2, -0.15) is 0 Å². The number of nitrogens with zero attached hydrogens (tertiary/aromatic N) is 1. The number of piperazine rings is 1. The summed E-state index contributed by atoms with van der Waals surface area (Å²) in [6.07, 6.45) is 5.75. The summed E-state index contributed by atoms with van der Waals surface area (Å²) in [5, 5.41) is 7.01. The van der Waals surface area contributed by atoms with Crippen LogP contribution in [0.4, 0.5) is 0 Å². The third-order valence-electron chi connectivity index (χ3n) is 4.49. The van der Waals surface area contributed by atoms with Crippen LogP contribution in [0.2, 0.25) is 0 Å². The highest BCUT2D eigenvalue weighted by molar-refractivity contribution is 4.89. The van der Waals surface area contributed by atoms with Gasteiger partial charge in [-0.25, -0.2) is 0 Å². The molecule has 3 heteroatoms. The predicted molar refractivity (Wildman–Crippen MR) is 68.7 cm³/mol. The van der Waals surface area contributed by atoms with Gasteiger partial charge in [0.1, 0.15) is 0 Å². The lowest BCUT2D eigenvalue weighted by Crippen LogP contribution is -2.55. The molecule has 1 heterocycles. The fraction of sp³-hybridized carbons (Fsp3) is 1.00. The van der Waals surface area contributed by atoms with E-state index >= 15 is 0 Å². The van der Waals surface area contributed by atoms with E-state index in [1.807, 2.05) is 0 Å². The molecule has 0 amide bonds. The smallest absolute Gasteiger partial charge is 0.0245 e. The Hall–Kier alpha value is -0.120. The molecule has 16 heavy (non-hydrogen) atoms. The Labute approximate surface area is 100.0 Å². The Morgan fingerprint density at radius 1 is 1.19 bits per heavy atom. The largest absolute Gasteiger partial charge is 0.315 e. The van der Waals surface area contributed by atoms with Crippen molar-refractivity contribution >= 4 is 0 Å². The van der Waals surface area contributed by atoms with E-state index in [-0.39, 0.29) is 0 Å². The van der Waals surface area contributed by atoms with Crippen molar-refractivity contribution in [3.63, 3.8) is 0 Å². The van der Waals surface area contributed by atoms with Gasteiger partial charge in [-0.15, -0.1) is 0 Å². The first-order chi connectivity index (χ1) is 7.83. The number of nitrogens with one attached hydrogen (secondary N) is 2. The molecular weight excluding hydrogens is 198 g/mol. The lowest BCUT2D eigenvalue weighted by atomic mass is 9.91. The lowest BCUT2D eigenvalue weighted by Gasteiger charge is -2.39. The van der Waals surface area contributed by atoms with Gasteiger partial charge in [-0.05, 0) is 32.7 Å². The third-order valence-corrected chi connectivity index (χ3v) is 4.49. The van der Waals surface area contributed by atoms with Crippen molar-refractivity contribution in [1.82, 2.24) is 15.5 Å². The summed E-state index contributed by atoms with van der Waals surface area (Å²) < 4.78 is 0. The van der Waals surface area contributed by atoms with Crippen molar-refractivity contribution in [1.29, 1.82) is 0 Å². The molecule has 0 aromatic carbocycles. The summed E-state index contributed by atoms with van der Waals surface area (Å²) in [5.41, 5.74) is 0. The first-order valence-electron chi connectivity index (χ1n) is 6.95. The second-order valence-electron chi connectivity index (χ2n) is 5.39. The molecule has 0 bridgehead atoms. The van der Waals surface area contributed by atoms with E-state index < -0.39 is 0 Å². The fourth-order valence-corrected chi connectivity index (χ4v) is 3.50. The van der Waals surface area contributed by atoms with E-state index in [0.29, 0.717) is 12.1 Å². The monoisotopic (exact) mass is 225 g/mol. The molecular formula is C13H27N3. The standard InChI is InChI=1S/C13H27N3/c1-11(16-9-7-15-8-10-16)13(14-2)12-5-3-4-6-12/h11-15H,3-10H2,1-2H3. The molecule has 0 spiro atoms. The molecule has 1 saturated carbocycles. The van der Waals surface area contributed by atoms with Gasteiger partial charge < -0.3 is 10.6 Å². The van der Waals surface area contributed by atoms with E-state index in [1.165, 1.54) is 38.8 Å². The molecule has 2 rings (SSSR count). The van der Waals surface area contributed by atoms with E-state index in [4.69, 9.17) is 0 Å². The van der Waals surface area contributed by atoms with Gasteiger partial charge >= 0.3 is 0 Å². The summed E-state index contributed by atoms with van der Waals surface area (Å²) >= 11 is 0. The van der Waals surface area contributed by atoms with Crippen molar-refractivity contribution < 1.29 is 0 Å². The van der Waals surface area contributed by atoms with Crippen molar-refractivity contribution in [3.8, 4) is 0 Å². The van der Waals surface area contributed by atoms with Gasteiger partial charge in [0.15, 0.2) is 0 Å². The SMILES string of the molecule is CNC(C1CCCC1)C(C)N1CCNCC1. The van der Waals surface area contributed by atoms with Crippen LogP contribution in [0.3, 0.4) is 0 Å². The quantitative estimate of drug-likeness (QED) is 0.749. The zero-order valence-corrected chi connectivity index (χ0v) is 10.8. The molecule has 1 aliphatic heterocycles. The average Bonchev–Trinajstić information content (AvgIpc) is 2.85. The molecule has 2 N–H and O–H groups in total. The molecule has 94 valence electrons. The van der Waals surface area contributed by atoms with Crippen LogP contribution >= 0.6 is 0 Å². The predicted octanol–water partition coefficient (Wildman–Crippen LogP) is 1.06. The topological polar surface area (TPSA) is 27.3 Å². The van der Waals surface area contributed by atoms with Crippen LogP contribution in [-0.4, -0.2) is 50.2 Å². The summed E-state index contributed by atoms with van der Waals surface area (Å²) in [6, 6.07) is 1.38. The van der Waals surface area contributed by atoms with Crippen LogP contribution < -0.4 is 10.6 Å². The van der Waals surface area contributed by atoms with E-state index in [1.54, 1.807) is 0 Å². The minimum atomic E-state index is 0.690. The van der Waals surface area contributed by atoms with Crippen LogP contribution in [0.25, 0.3) is 0 Å².